The van der Waals surface area contributed by atoms with Crippen molar-refractivity contribution in [2.45, 2.75) is 25.9 Å². The van der Waals surface area contributed by atoms with Gasteiger partial charge in [-0.15, -0.1) is 0 Å². The summed E-state index contributed by atoms with van der Waals surface area (Å²) in [4.78, 5) is 2.41. The molecule has 0 aromatic heterocycles. The maximum absolute atomic E-state index is 10.9. The van der Waals surface area contributed by atoms with E-state index in [0.29, 0.717) is 6.61 Å². The molecule has 1 heterocycles. The number of hydrogen-bond acceptors (Lipinski definition) is 4. The molecule has 4 heteroatoms. The van der Waals surface area contributed by atoms with E-state index in [1.165, 1.54) is 0 Å². The monoisotopic (exact) mass is 328 g/mol. The van der Waals surface area contributed by atoms with Crippen molar-refractivity contribution in [3.63, 3.8) is 0 Å². The lowest BCUT2D eigenvalue weighted by Gasteiger charge is -2.28. The third-order valence-electron chi connectivity index (χ3n) is 4.65. The van der Waals surface area contributed by atoms with Crippen LogP contribution in [0.2, 0.25) is 0 Å². The van der Waals surface area contributed by atoms with Crippen LogP contribution in [0.15, 0.2) is 36.4 Å². The maximum atomic E-state index is 10.9. The van der Waals surface area contributed by atoms with Crippen LogP contribution in [0.1, 0.15) is 31.4 Å². The largest absolute Gasteiger partial charge is 0.493 e. The van der Waals surface area contributed by atoms with Crippen LogP contribution in [0.5, 0.6) is 5.75 Å². The molecule has 24 heavy (non-hydrogen) atoms. The molecule has 3 rings (SSSR count). The Kier molecular flexibility index (Phi) is 6.07. The van der Waals surface area contributed by atoms with Crippen molar-refractivity contribution in [3.8, 4) is 5.75 Å². The second kappa shape index (κ2) is 8.47. The molecule has 0 radical (unpaired) electrons. The Hall–Kier alpha value is -1.62. The van der Waals surface area contributed by atoms with E-state index in [0.717, 1.165) is 67.7 Å². The first kappa shape index (κ1) is 17.2. The van der Waals surface area contributed by atoms with Crippen LogP contribution in [0.4, 0.5) is 0 Å². The smallest absolute Gasteiger partial charge is 0.125 e. The molecule has 1 atom stereocenters. The summed E-state index contributed by atoms with van der Waals surface area (Å²) >= 11 is 0. The molecule has 4 nitrogen and oxygen atoms in total. The summed E-state index contributed by atoms with van der Waals surface area (Å²) in [5.41, 5.74) is 0.941. The molecule has 2 aromatic rings. The molecule has 1 unspecified atom stereocenters. The first-order valence-corrected chi connectivity index (χ1v) is 9.05. The number of hydrogen-bond donors (Lipinski definition) is 2. The Morgan fingerprint density at radius 2 is 1.96 bits per heavy atom. The van der Waals surface area contributed by atoms with Crippen molar-refractivity contribution in [2.75, 3.05) is 39.3 Å². The van der Waals surface area contributed by atoms with E-state index in [4.69, 9.17) is 4.74 Å². The molecule has 0 saturated carbocycles. The first-order valence-electron chi connectivity index (χ1n) is 9.05. The van der Waals surface area contributed by atoms with E-state index >= 15 is 0 Å². The number of aliphatic hydroxyl groups is 1. The van der Waals surface area contributed by atoms with Crippen LogP contribution in [-0.2, 0) is 0 Å². The molecule has 0 spiro atoms. The Labute approximate surface area is 144 Å². The number of fused-ring (bicyclic) bond motifs is 1. The van der Waals surface area contributed by atoms with Crippen molar-refractivity contribution in [1.82, 2.24) is 10.2 Å². The molecular formula is C20H28N2O2. The second-order valence-electron chi connectivity index (χ2n) is 6.44. The van der Waals surface area contributed by atoms with Gasteiger partial charge in [-0.25, -0.2) is 0 Å². The molecule has 2 aromatic carbocycles. The molecule has 1 aliphatic heterocycles. The van der Waals surface area contributed by atoms with Crippen molar-refractivity contribution in [1.29, 1.82) is 0 Å². The zero-order chi connectivity index (χ0) is 16.8. The normalized spacial score (nSPS) is 17.1. The minimum atomic E-state index is -0.502. The molecule has 1 fully saturated rings. The first-order chi connectivity index (χ1) is 11.8. The van der Waals surface area contributed by atoms with Crippen LogP contribution in [0.3, 0.4) is 0 Å². The fourth-order valence-electron chi connectivity index (χ4n) is 3.34. The maximum Gasteiger partial charge on any atom is 0.125 e. The highest BCUT2D eigenvalue weighted by atomic mass is 16.5. The minimum Gasteiger partial charge on any atom is -0.493 e. The predicted octanol–water partition coefficient (Wildman–Crippen LogP) is 2.96. The molecule has 2 N–H and O–H groups in total. The highest BCUT2D eigenvalue weighted by molar-refractivity contribution is 5.88. The van der Waals surface area contributed by atoms with Gasteiger partial charge in [-0.2, -0.15) is 0 Å². The Bertz CT molecular complexity index is 653. The van der Waals surface area contributed by atoms with E-state index in [1.807, 2.05) is 18.2 Å². The summed E-state index contributed by atoms with van der Waals surface area (Å²) in [6.45, 7) is 7.88. The molecule has 1 saturated heterocycles. The van der Waals surface area contributed by atoms with Gasteiger partial charge >= 0.3 is 0 Å². The summed E-state index contributed by atoms with van der Waals surface area (Å²) in [7, 11) is 0. The highest BCUT2D eigenvalue weighted by Crippen LogP contribution is 2.35. The van der Waals surface area contributed by atoms with Gasteiger partial charge in [0.05, 0.1) is 12.7 Å². The number of rotatable bonds is 7. The van der Waals surface area contributed by atoms with Crippen molar-refractivity contribution in [2.24, 2.45) is 0 Å². The van der Waals surface area contributed by atoms with Gasteiger partial charge in [-0.3, -0.25) is 0 Å². The Morgan fingerprint density at radius 1 is 1.17 bits per heavy atom. The average molecular weight is 328 g/mol. The topological polar surface area (TPSA) is 44.7 Å². The van der Waals surface area contributed by atoms with E-state index in [1.54, 1.807) is 0 Å². The summed E-state index contributed by atoms with van der Waals surface area (Å²) in [5.74, 6) is 0.823. The number of aliphatic hydroxyl groups excluding tert-OH is 1. The predicted molar refractivity (Wildman–Crippen MR) is 98.6 cm³/mol. The number of nitrogens with zero attached hydrogens (tertiary/aromatic N) is 1. The van der Waals surface area contributed by atoms with Crippen molar-refractivity contribution in [3.05, 3.63) is 42.0 Å². The van der Waals surface area contributed by atoms with Gasteiger partial charge in [0.1, 0.15) is 5.75 Å². The third-order valence-corrected chi connectivity index (χ3v) is 4.65. The van der Waals surface area contributed by atoms with Gasteiger partial charge < -0.3 is 20.1 Å². The number of nitrogens with one attached hydrogen (secondary N) is 1. The standard InChI is InChI=1S/C20H28N2O2/c1-2-15-24-19-8-7-16-5-3-4-6-17(16)20(19)18(23)9-12-22-13-10-21-11-14-22/h3-8,18,21,23H,2,9-15H2,1H3. The lowest BCUT2D eigenvalue weighted by molar-refractivity contribution is 0.134. The molecule has 0 aliphatic carbocycles. The van der Waals surface area contributed by atoms with Gasteiger partial charge in [0, 0.05) is 38.3 Å². The van der Waals surface area contributed by atoms with E-state index in [-0.39, 0.29) is 0 Å². The van der Waals surface area contributed by atoms with Gasteiger partial charge in [0.15, 0.2) is 0 Å². The zero-order valence-corrected chi connectivity index (χ0v) is 14.5. The van der Waals surface area contributed by atoms with Gasteiger partial charge in [-0.1, -0.05) is 37.3 Å². The fraction of sp³-hybridized carbons (Fsp3) is 0.500. The van der Waals surface area contributed by atoms with Crippen LogP contribution in [0, 0.1) is 0 Å². The third kappa shape index (κ3) is 4.07. The van der Waals surface area contributed by atoms with E-state index in [2.05, 4.69) is 35.3 Å². The number of ether oxygens (including phenoxy) is 1. The van der Waals surface area contributed by atoms with Crippen LogP contribution in [0.25, 0.3) is 10.8 Å². The molecular weight excluding hydrogens is 300 g/mol. The van der Waals surface area contributed by atoms with E-state index < -0.39 is 6.10 Å². The SMILES string of the molecule is CCCOc1ccc2ccccc2c1C(O)CCN1CCNCC1. The van der Waals surface area contributed by atoms with Crippen molar-refractivity contribution < 1.29 is 9.84 Å². The summed E-state index contributed by atoms with van der Waals surface area (Å²) in [6, 6.07) is 12.3. The number of benzene rings is 2. The molecule has 0 bridgehead atoms. The lowest BCUT2D eigenvalue weighted by Crippen LogP contribution is -2.44. The van der Waals surface area contributed by atoms with Crippen LogP contribution >= 0.6 is 0 Å². The summed E-state index contributed by atoms with van der Waals surface area (Å²) in [6.07, 6.45) is 1.19. The van der Waals surface area contributed by atoms with Crippen LogP contribution in [-0.4, -0.2) is 49.3 Å². The van der Waals surface area contributed by atoms with Gasteiger partial charge in [0.25, 0.3) is 0 Å². The fourth-order valence-corrected chi connectivity index (χ4v) is 3.34. The Balaban J connectivity index is 1.81. The van der Waals surface area contributed by atoms with Gasteiger partial charge in [0.2, 0.25) is 0 Å². The summed E-state index contributed by atoms with van der Waals surface area (Å²) in [5, 5.41) is 16.5. The van der Waals surface area contributed by atoms with Crippen molar-refractivity contribution >= 4 is 10.8 Å². The number of piperazine rings is 1. The van der Waals surface area contributed by atoms with Gasteiger partial charge in [-0.05, 0) is 29.7 Å². The average Bonchev–Trinajstić information content (AvgIpc) is 2.64. The highest BCUT2D eigenvalue weighted by Gasteiger charge is 2.19. The molecule has 130 valence electrons. The molecule has 1 aliphatic rings. The quantitative estimate of drug-likeness (QED) is 0.820. The minimum absolute atomic E-state index is 0.502. The zero-order valence-electron chi connectivity index (χ0n) is 14.5. The van der Waals surface area contributed by atoms with E-state index in [9.17, 15) is 5.11 Å². The Morgan fingerprint density at radius 3 is 2.75 bits per heavy atom. The lowest BCUT2D eigenvalue weighted by atomic mass is 9.97. The summed E-state index contributed by atoms with van der Waals surface area (Å²) < 4.78 is 5.92. The van der Waals surface area contributed by atoms with Crippen LogP contribution < -0.4 is 10.1 Å². The molecule has 0 amide bonds. The second-order valence-corrected chi connectivity index (χ2v) is 6.44.